The first-order valence-corrected chi connectivity index (χ1v) is 8.11. The minimum Gasteiger partial charge on any atom is -0.369 e. The van der Waals surface area contributed by atoms with Gasteiger partial charge < -0.3 is 9.47 Å². The number of rotatable bonds is 4. The number of anilines is 1. The summed E-state index contributed by atoms with van der Waals surface area (Å²) in [6, 6.07) is 5.58. The van der Waals surface area contributed by atoms with Crippen LogP contribution in [0.4, 0.5) is 18.9 Å². The van der Waals surface area contributed by atoms with Gasteiger partial charge in [0.25, 0.3) is 0 Å². The summed E-state index contributed by atoms with van der Waals surface area (Å²) in [5.41, 5.74) is 1.22. The number of nitrogens with zero attached hydrogens (tertiary/aromatic N) is 4. The molecular weight excluding hydrogens is 317 g/mol. The molecule has 1 fully saturated rings. The molecule has 0 atom stereocenters. The Bertz CT molecular complexity index is 672. The number of piperazine rings is 1. The second-order valence-electron chi connectivity index (χ2n) is 5.98. The highest BCUT2D eigenvalue weighted by Crippen LogP contribution is 2.31. The number of benzene rings is 1. The van der Waals surface area contributed by atoms with Gasteiger partial charge in [0, 0.05) is 51.2 Å². The van der Waals surface area contributed by atoms with Gasteiger partial charge in [-0.3, -0.25) is 4.90 Å². The molecule has 130 valence electrons. The lowest BCUT2D eigenvalue weighted by Crippen LogP contribution is -2.46. The highest BCUT2D eigenvalue weighted by Gasteiger charge is 2.31. The van der Waals surface area contributed by atoms with Gasteiger partial charge in [0.2, 0.25) is 0 Å². The first-order valence-electron chi connectivity index (χ1n) is 8.11. The number of hydrogen-bond donors (Lipinski definition) is 0. The normalized spacial score (nSPS) is 16.6. The van der Waals surface area contributed by atoms with E-state index in [1.807, 2.05) is 17.4 Å². The molecule has 24 heavy (non-hydrogen) atoms. The largest absolute Gasteiger partial charge is 0.416 e. The predicted molar refractivity (Wildman–Crippen MR) is 86.8 cm³/mol. The van der Waals surface area contributed by atoms with Crippen LogP contribution in [0, 0.1) is 0 Å². The molecule has 0 saturated carbocycles. The zero-order chi connectivity index (χ0) is 17.2. The molecule has 0 amide bonds. The van der Waals surface area contributed by atoms with Crippen LogP contribution in [0.3, 0.4) is 0 Å². The molecule has 0 radical (unpaired) electrons. The quantitative estimate of drug-likeness (QED) is 0.855. The SMILES string of the molecule is CCn1cncc1CN1CCN(c2cccc(C(F)(F)F)c2)CC1. The summed E-state index contributed by atoms with van der Waals surface area (Å²) in [7, 11) is 0. The van der Waals surface area contributed by atoms with Crippen molar-refractivity contribution in [2.24, 2.45) is 0 Å². The fourth-order valence-electron chi connectivity index (χ4n) is 3.04. The Balaban J connectivity index is 1.61. The molecule has 0 N–H and O–H groups in total. The van der Waals surface area contributed by atoms with Gasteiger partial charge in [0.15, 0.2) is 0 Å². The average Bonchev–Trinajstić information content (AvgIpc) is 3.02. The van der Waals surface area contributed by atoms with E-state index in [1.54, 1.807) is 6.07 Å². The molecule has 1 aromatic heterocycles. The van der Waals surface area contributed by atoms with Crippen molar-refractivity contribution >= 4 is 5.69 Å². The maximum Gasteiger partial charge on any atom is 0.416 e. The Labute approximate surface area is 139 Å². The second kappa shape index (κ2) is 6.84. The van der Waals surface area contributed by atoms with Gasteiger partial charge in [-0.25, -0.2) is 4.98 Å². The van der Waals surface area contributed by atoms with Gasteiger partial charge in [-0.05, 0) is 25.1 Å². The van der Waals surface area contributed by atoms with Crippen molar-refractivity contribution in [2.45, 2.75) is 26.2 Å². The number of aryl methyl sites for hydroxylation is 1. The first-order chi connectivity index (χ1) is 11.5. The molecule has 1 aliphatic rings. The van der Waals surface area contributed by atoms with Gasteiger partial charge in [0.05, 0.1) is 17.6 Å². The van der Waals surface area contributed by atoms with Gasteiger partial charge in [-0.2, -0.15) is 13.2 Å². The molecule has 0 aliphatic carbocycles. The smallest absolute Gasteiger partial charge is 0.369 e. The van der Waals surface area contributed by atoms with Crippen LogP contribution in [0.15, 0.2) is 36.8 Å². The number of aromatic nitrogens is 2. The van der Waals surface area contributed by atoms with Crippen molar-refractivity contribution in [1.82, 2.24) is 14.5 Å². The molecule has 1 aromatic carbocycles. The number of imidazole rings is 1. The molecule has 7 heteroatoms. The number of halogens is 3. The molecular formula is C17H21F3N4. The minimum absolute atomic E-state index is 0.589. The van der Waals surface area contributed by atoms with Crippen LogP contribution in [-0.4, -0.2) is 40.6 Å². The number of alkyl halides is 3. The molecule has 4 nitrogen and oxygen atoms in total. The van der Waals surface area contributed by atoms with Gasteiger partial charge in [-0.1, -0.05) is 6.07 Å². The van der Waals surface area contributed by atoms with Gasteiger partial charge >= 0.3 is 6.18 Å². The van der Waals surface area contributed by atoms with Crippen molar-refractivity contribution < 1.29 is 13.2 Å². The Morgan fingerprint density at radius 1 is 1.12 bits per heavy atom. The van der Waals surface area contributed by atoms with Crippen molar-refractivity contribution in [1.29, 1.82) is 0 Å². The lowest BCUT2D eigenvalue weighted by atomic mass is 10.1. The van der Waals surface area contributed by atoms with E-state index in [1.165, 1.54) is 17.8 Å². The summed E-state index contributed by atoms with van der Waals surface area (Å²) in [5.74, 6) is 0. The average molecular weight is 338 g/mol. The molecule has 0 unspecified atom stereocenters. The maximum atomic E-state index is 12.8. The Morgan fingerprint density at radius 2 is 1.88 bits per heavy atom. The summed E-state index contributed by atoms with van der Waals surface area (Å²) in [6.45, 7) is 6.89. The van der Waals surface area contributed by atoms with Crippen molar-refractivity contribution in [2.75, 3.05) is 31.1 Å². The lowest BCUT2D eigenvalue weighted by molar-refractivity contribution is -0.137. The third-order valence-corrected chi connectivity index (χ3v) is 4.44. The molecule has 2 aromatic rings. The monoisotopic (exact) mass is 338 g/mol. The van der Waals surface area contributed by atoms with Crippen molar-refractivity contribution in [3.8, 4) is 0 Å². The highest BCUT2D eigenvalue weighted by molar-refractivity contribution is 5.49. The molecule has 1 aliphatic heterocycles. The van der Waals surface area contributed by atoms with Gasteiger partial charge in [0.1, 0.15) is 0 Å². The van der Waals surface area contributed by atoms with E-state index >= 15 is 0 Å². The summed E-state index contributed by atoms with van der Waals surface area (Å²) in [6.07, 6.45) is -0.590. The van der Waals surface area contributed by atoms with E-state index in [0.29, 0.717) is 5.69 Å². The third kappa shape index (κ3) is 3.72. The fourth-order valence-corrected chi connectivity index (χ4v) is 3.04. The molecule has 2 heterocycles. The van der Waals surface area contributed by atoms with Crippen LogP contribution >= 0.6 is 0 Å². The molecule has 0 bridgehead atoms. The van der Waals surface area contributed by atoms with E-state index in [4.69, 9.17) is 0 Å². The van der Waals surface area contributed by atoms with Crippen LogP contribution in [0.5, 0.6) is 0 Å². The van der Waals surface area contributed by atoms with Crippen LogP contribution in [0.2, 0.25) is 0 Å². The van der Waals surface area contributed by atoms with Gasteiger partial charge in [-0.15, -0.1) is 0 Å². The third-order valence-electron chi connectivity index (χ3n) is 4.44. The lowest BCUT2D eigenvalue weighted by Gasteiger charge is -2.36. The van der Waals surface area contributed by atoms with E-state index in [9.17, 15) is 13.2 Å². The van der Waals surface area contributed by atoms with E-state index in [2.05, 4.69) is 21.4 Å². The Morgan fingerprint density at radius 3 is 2.54 bits per heavy atom. The zero-order valence-corrected chi connectivity index (χ0v) is 13.6. The number of hydrogen-bond acceptors (Lipinski definition) is 3. The topological polar surface area (TPSA) is 24.3 Å². The van der Waals surface area contributed by atoms with Crippen LogP contribution < -0.4 is 4.90 Å². The summed E-state index contributed by atoms with van der Waals surface area (Å²) in [4.78, 5) is 8.50. The van der Waals surface area contributed by atoms with E-state index < -0.39 is 11.7 Å². The first kappa shape index (κ1) is 16.8. The summed E-state index contributed by atoms with van der Waals surface area (Å²) < 4.78 is 40.6. The van der Waals surface area contributed by atoms with Crippen molar-refractivity contribution in [3.05, 3.63) is 48.0 Å². The van der Waals surface area contributed by atoms with Crippen LogP contribution in [0.25, 0.3) is 0 Å². The zero-order valence-electron chi connectivity index (χ0n) is 13.6. The standard InChI is InChI=1S/C17H21F3N4/c1-2-23-13-21-11-16(23)12-22-6-8-24(9-7-22)15-5-3-4-14(10-15)17(18,19)20/h3-5,10-11,13H,2,6-9,12H2,1H3. The molecule has 0 spiro atoms. The van der Waals surface area contributed by atoms with E-state index in [0.717, 1.165) is 45.3 Å². The second-order valence-corrected chi connectivity index (χ2v) is 5.98. The van der Waals surface area contributed by atoms with E-state index in [-0.39, 0.29) is 0 Å². The van der Waals surface area contributed by atoms with Crippen LogP contribution in [-0.2, 0) is 19.3 Å². The Kier molecular flexibility index (Phi) is 4.80. The van der Waals surface area contributed by atoms with Crippen LogP contribution in [0.1, 0.15) is 18.2 Å². The summed E-state index contributed by atoms with van der Waals surface area (Å²) >= 11 is 0. The highest BCUT2D eigenvalue weighted by atomic mass is 19.4. The van der Waals surface area contributed by atoms with Crippen molar-refractivity contribution in [3.63, 3.8) is 0 Å². The molecule has 1 saturated heterocycles. The predicted octanol–water partition coefficient (Wildman–Crippen LogP) is 3.24. The fraction of sp³-hybridized carbons (Fsp3) is 0.471. The Hall–Kier alpha value is -2.02. The minimum atomic E-state index is -4.30. The maximum absolute atomic E-state index is 12.8. The molecule has 3 rings (SSSR count). The summed E-state index contributed by atoms with van der Waals surface area (Å²) in [5, 5.41) is 0.